The number of fused-ring (bicyclic) bond motifs is 1. The number of aliphatic carboxylic acids is 1. The summed E-state index contributed by atoms with van der Waals surface area (Å²) in [7, 11) is 0. The molecule has 1 aromatic carbocycles. The fourth-order valence-electron chi connectivity index (χ4n) is 2.39. The van der Waals surface area contributed by atoms with Crippen molar-refractivity contribution in [1.82, 2.24) is 0 Å². The maximum absolute atomic E-state index is 10.9. The Kier molecular flexibility index (Phi) is 4.99. The second kappa shape index (κ2) is 6.56. The molecule has 0 aliphatic carbocycles. The fraction of sp³-hybridized carbons (Fsp3) is 0.562. The topological polar surface area (TPSA) is 55.8 Å². The number of carboxylic acid groups (broad SMARTS) is 1. The van der Waals surface area contributed by atoms with Crippen molar-refractivity contribution >= 4 is 17.6 Å². The summed E-state index contributed by atoms with van der Waals surface area (Å²) >= 11 is 6.30. The van der Waals surface area contributed by atoms with Crippen LogP contribution in [-0.4, -0.2) is 24.3 Å². The lowest BCUT2D eigenvalue weighted by Gasteiger charge is -2.22. The largest absolute Gasteiger partial charge is 0.490 e. The highest BCUT2D eigenvalue weighted by atomic mass is 35.5. The zero-order valence-electron chi connectivity index (χ0n) is 12.4. The molecule has 0 amide bonds. The number of aryl methyl sites for hydroxylation is 1. The van der Waals surface area contributed by atoms with Crippen molar-refractivity contribution < 1.29 is 19.4 Å². The molecule has 0 spiro atoms. The summed E-state index contributed by atoms with van der Waals surface area (Å²) in [5, 5.41) is 9.57. The van der Waals surface area contributed by atoms with Crippen LogP contribution in [0.5, 0.6) is 11.5 Å². The number of hydrogen-bond acceptors (Lipinski definition) is 3. The quantitative estimate of drug-likeness (QED) is 0.895. The maximum atomic E-state index is 10.9. The van der Waals surface area contributed by atoms with Crippen LogP contribution in [0, 0.1) is 5.41 Å². The normalized spacial score (nSPS) is 14.6. The predicted octanol–water partition coefficient (Wildman–Crippen LogP) is 3.93. The zero-order valence-corrected chi connectivity index (χ0v) is 13.2. The van der Waals surface area contributed by atoms with Crippen LogP contribution in [-0.2, 0) is 11.2 Å². The summed E-state index contributed by atoms with van der Waals surface area (Å²) in [4.78, 5) is 10.9. The second-order valence-electron chi connectivity index (χ2n) is 6.18. The SMILES string of the molecule is CC(C)(CCc1cc2c(cc1Cl)OCCCO2)CC(=O)O. The van der Waals surface area contributed by atoms with Crippen LogP contribution >= 0.6 is 11.6 Å². The van der Waals surface area contributed by atoms with E-state index in [4.69, 9.17) is 26.2 Å². The van der Waals surface area contributed by atoms with Crippen LogP contribution in [0.25, 0.3) is 0 Å². The lowest BCUT2D eigenvalue weighted by Crippen LogP contribution is -2.17. The molecule has 1 aliphatic heterocycles. The molecule has 1 heterocycles. The molecule has 0 unspecified atom stereocenters. The van der Waals surface area contributed by atoms with Gasteiger partial charge >= 0.3 is 5.97 Å². The Bertz CT molecular complexity index is 525. The van der Waals surface area contributed by atoms with E-state index in [1.54, 1.807) is 6.07 Å². The number of ether oxygens (including phenoxy) is 2. The first-order chi connectivity index (χ1) is 9.87. The molecule has 21 heavy (non-hydrogen) atoms. The fourth-order valence-corrected chi connectivity index (χ4v) is 2.64. The molecule has 0 saturated carbocycles. The van der Waals surface area contributed by atoms with Crippen LogP contribution < -0.4 is 9.47 Å². The summed E-state index contributed by atoms with van der Waals surface area (Å²) in [5.41, 5.74) is 0.707. The van der Waals surface area contributed by atoms with E-state index in [1.807, 2.05) is 19.9 Å². The van der Waals surface area contributed by atoms with Crippen molar-refractivity contribution in [2.24, 2.45) is 5.41 Å². The number of hydrogen-bond donors (Lipinski definition) is 1. The Morgan fingerprint density at radius 1 is 1.29 bits per heavy atom. The molecule has 0 fully saturated rings. The molecular weight excluding hydrogens is 292 g/mol. The van der Waals surface area contributed by atoms with E-state index in [-0.39, 0.29) is 11.8 Å². The molecule has 0 saturated heterocycles. The number of carboxylic acids is 1. The first kappa shape index (κ1) is 16.0. The molecule has 4 nitrogen and oxygen atoms in total. The third-order valence-electron chi connectivity index (χ3n) is 3.62. The van der Waals surface area contributed by atoms with Gasteiger partial charge in [0.05, 0.1) is 19.6 Å². The second-order valence-corrected chi connectivity index (χ2v) is 6.58. The van der Waals surface area contributed by atoms with Crippen molar-refractivity contribution in [3.05, 3.63) is 22.7 Å². The first-order valence-electron chi connectivity index (χ1n) is 7.17. The van der Waals surface area contributed by atoms with Gasteiger partial charge in [0.15, 0.2) is 11.5 Å². The van der Waals surface area contributed by atoms with Crippen LogP contribution in [0.3, 0.4) is 0 Å². The number of carbonyl (C=O) groups is 1. The van der Waals surface area contributed by atoms with Gasteiger partial charge in [0, 0.05) is 17.5 Å². The van der Waals surface area contributed by atoms with Crippen LogP contribution in [0.15, 0.2) is 12.1 Å². The van der Waals surface area contributed by atoms with Crippen molar-refractivity contribution in [2.45, 2.75) is 39.5 Å². The van der Waals surface area contributed by atoms with Crippen molar-refractivity contribution in [3.63, 3.8) is 0 Å². The van der Waals surface area contributed by atoms with Crippen LogP contribution in [0.1, 0.15) is 38.7 Å². The highest BCUT2D eigenvalue weighted by Gasteiger charge is 2.22. The molecule has 5 heteroatoms. The molecule has 1 aliphatic rings. The lowest BCUT2D eigenvalue weighted by atomic mass is 9.83. The molecule has 116 valence electrons. The van der Waals surface area contributed by atoms with Gasteiger partial charge in [-0.3, -0.25) is 4.79 Å². The van der Waals surface area contributed by atoms with E-state index in [2.05, 4.69) is 0 Å². The summed E-state index contributed by atoms with van der Waals surface area (Å²) in [5.74, 6) is 0.638. The molecule has 2 rings (SSSR count). The summed E-state index contributed by atoms with van der Waals surface area (Å²) in [6.45, 7) is 5.18. The Labute approximate surface area is 130 Å². The first-order valence-corrected chi connectivity index (χ1v) is 7.55. The third kappa shape index (κ3) is 4.53. The Balaban J connectivity index is 2.10. The third-order valence-corrected chi connectivity index (χ3v) is 3.97. The highest BCUT2D eigenvalue weighted by Crippen LogP contribution is 2.37. The number of halogens is 1. The van der Waals surface area contributed by atoms with Gasteiger partial charge in [-0.15, -0.1) is 0 Å². The number of benzene rings is 1. The van der Waals surface area contributed by atoms with Gasteiger partial charge < -0.3 is 14.6 Å². The van der Waals surface area contributed by atoms with E-state index in [1.165, 1.54) is 0 Å². The average Bonchev–Trinajstić information content (AvgIpc) is 2.59. The smallest absolute Gasteiger partial charge is 0.303 e. The van der Waals surface area contributed by atoms with E-state index >= 15 is 0 Å². The van der Waals surface area contributed by atoms with Crippen LogP contribution in [0.4, 0.5) is 0 Å². The average molecular weight is 313 g/mol. The minimum atomic E-state index is -0.773. The molecule has 1 N–H and O–H groups in total. The lowest BCUT2D eigenvalue weighted by molar-refractivity contribution is -0.139. The van der Waals surface area contributed by atoms with Gasteiger partial charge in [-0.2, -0.15) is 0 Å². The Morgan fingerprint density at radius 2 is 1.90 bits per heavy atom. The molecule has 0 bridgehead atoms. The highest BCUT2D eigenvalue weighted by molar-refractivity contribution is 6.31. The molecule has 0 aromatic heterocycles. The minimum Gasteiger partial charge on any atom is -0.490 e. The maximum Gasteiger partial charge on any atom is 0.303 e. The van der Waals surface area contributed by atoms with Crippen LogP contribution in [0.2, 0.25) is 5.02 Å². The molecule has 1 aromatic rings. The molecule has 0 atom stereocenters. The Morgan fingerprint density at radius 3 is 2.52 bits per heavy atom. The van der Waals surface area contributed by atoms with E-state index in [0.717, 1.165) is 30.6 Å². The minimum absolute atomic E-state index is 0.148. The van der Waals surface area contributed by atoms with E-state index in [0.29, 0.717) is 24.0 Å². The molecule has 0 radical (unpaired) electrons. The van der Waals surface area contributed by atoms with Gasteiger partial charge in [-0.25, -0.2) is 0 Å². The molecular formula is C16H21ClO4. The van der Waals surface area contributed by atoms with Gasteiger partial charge in [-0.05, 0) is 29.9 Å². The summed E-state index contributed by atoms with van der Waals surface area (Å²) in [6, 6.07) is 3.71. The summed E-state index contributed by atoms with van der Waals surface area (Å²) in [6.07, 6.45) is 2.47. The Hall–Kier alpha value is -1.42. The van der Waals surface area contributed by atoms with Crippen molar-refractivity contribution in [2.75, 3.05) is 13.2 Å². The van der Waals surface area contributed by atoms with Gasteiger partial charge in [-0.1, -0.05) is 25.4 Å². The summed E-state index contributed by atoms with van der Waals surface area (Å²) < 4.78 is 11.3. The zero-order chi connectivity index (χ0) is 15.5. The predicted molar refractivity (Wildman–Crippen MR) is 81.4 cm³/mol. The monoisotopic (exact) mass is 312 g/mol. The van der Waals surface area contributed by atoms with Gasteiger partial charge in [0.2, 0.25) is 0 Å². The van der Waals surface area contributed by atoms with E-state index < -0.39 is 5.97 Å². The van der Waals surface area contributed by atoms with Crippen molar-refractivity contribution in [3.8, 4) is 11.5 Å². The van der Waals surface area contributed by atoms with Crippen molar-refractivity contribution in [1.29, 1.82) is 0 Å². The van der Waals surface area contributed by atoms with E-state index in [9.17, 15) is 4.79 Å². The van der Waals surface area contributed by atoms with Gasteiger partial charge in [0.25, 0.3) is 0 Å². The standard InChI is InChI=1S/C16H21ClO4/c1-16(2,10-15(18)19)5-4-11-8-13-14(9-12(11)17)21-7-3-6-20-13/h8-9H,3-7,10H2,1-2H3,(H,18,19). The number of rotatable bonds is 5. The van der Waals surface area contributed by atoms with Gasteiger partial charge in [0.1, 0.15) is 0 Å².